The van der Waals surface area contributed by atoms with Gasteiger partial charge in [0.1, 0.15) is 17.2 Å². The van der Waals surface area contributed by atoms with Crippen LogP contribution in [0.5, 0.6) is 5.75 Å². The summed E-state index contributed by atoms with van der Waals surface area (Å²) in [5.74, 6) is 0.0334. The highest BCUT2D eigenvalue weighted by Crippen LogP contribution is 2.20. The van der Waals surface area contributed by atoms with E-state index in [-0.39, 0.29) is 24.7 Å². The van der Waals surface area contributed by atoms with Crippen molar-refractivity contribution in [2.45, 2.75) is 6.92 Å². The summed E-state index contributed by atoms with van der Waals surface area (Å²) in [6.45, 7) is 1.86. The Labute approximate surface area is 105 Å². The van der Waals surface area contributed by atoms with Gasteiger partial charge in [0.05, 0.1) is 13.2 Å². The van der Waals surface area contributed by atoms with Gasteiger partial charge < -0.3 is 10.2 Å². The highest BCUT2D eigenvalue weighted by atomic mass is 16.3. The number of aliphatic hydroxyl groups is 1. The van der Waals surface area contributed by atoms with Crippen LogP contribution < -0.4 is 0 Å². The van der Waals surface area contributed by atoms with Gasteiger partial charge in [-0.2, -0.15) is 5.10 Å². The molecule has 0 aromatic heterocycles. The number of aliphatic hydroxyl groups excluding tert-OH is 1. The zero-order chi connectivity index (χ0) is 13.1. The van der Waals surface area contributed by atoms with Gasteiger partial charge >= 0.3 is 0 Å². The fraction of sp³-hybridized carbons (Fsp3) is 0.231. The van der Waals surface area contributed by atoms with Crippen molar-refractivity contribution in [2.75, 3.05) is 13.2 Å². The fourth-order valence-electron chi connectivity index (χ4n) is 1.72. The number of benzene rings is 1. The Morgan fingerprint density at radius 1 is 1.33 bits per heavy atom. The number of hydrazone groups is 1. The fourth-order valence-corrected chi connectivity index (χ4v) is 1.72. The van der Waals surface area contributed by atoms with Crippen LogP contribution in [0.2, 0.25) is 0 Å². The summed E-state index contributed by atoms with van der Waals surface area (Å²) in [5.41, 5.74) is 1.64. The first-order chi connectivity index (χ1) is 8.61. The predicted molar refractivity (Wildman–Crippen MR) is 68.0 cm³/mol. The average molecular weight is 246 g/mol. The number of hydrogen-bond acceptors (Lipinski definition) is 5. The van der Waals surface area contributed by atoms with E-state index < -0.39 is 0 Å². The van der Waals surface area contributed by atoms with E-state index in [2.05, 4.69) is 5.10 Å². The maximum atomic E-state index is 11.9. The van der Waals surface area contributed by atoms with Gasteiger partial charge in [-0.1, -0.05) is 12.1 Å². The minimum absolute atomic E-state index is 0.0724. The summed E-state index contributed by atoms with van der Waals surface area (Å²) < 4.78 is 0. The lowest BCUT2D eigenvalue weighted by Crippen LogP contribution is -2.20. The molecule has 1 aliphatic rings. The van der Waals surface area contributed by atoms with Crippen molar-refractivity contribution in [1.82, 2.24) is 5.01 Å². The van der Waals surface area contributed by atoms with Crippen molar-refractivity contribution in [1.29, 1.82) is 0 Å². The molecular weight excluding hydrogens is 232 g/mol. The van der Waals surface area contributed by atoms with Crippen molar-refractivity contribution < 1.29 is 15.0 Å². The van der Waals surface area contributed by atoms with Crippen LogP contribution in [0.4, 0.5) is 0 Å². The molecule has 2 N–H and O–H groups in total. The molecule has 1 aliphatic heterocycles. The number of rotatable bonds is 3. The van der Waals surface area contributed by atoms with Crippen LogP contribution in [-0.4, -0.2) is 39.9 Å². The van der Waals surface area contributed by atoms with Gasteiger partial charge in [-0.25, -0.2) is 0 Å². The molecule has 0 radical (unpaired) electrons. The lowest BCUT2D eigenvalue weighted by molar-refractivity contribution is -0.110. The third-order valence-corrected chi connectivity index (χ3v) is 2.62. The molecule has 0 fully saturated rings. The van der Waals surface area contributed by atoms with Crippen molar-refractivity contribution >= 4 is 17.6 Å². The zero-order valence-electron chi connectivity index (χ0n) is 10.00. The second-order valence-electron chi connectivity index (χ2n) is 3.98. The SMILES string of the molecule is CC1=NN(CCO)C(=Cc2ccc(O)cc2)C1=O. The number of phenols is 1. The molecule has 94 valence electrons. The van der Waals surface area contributed by atoms with E-state index in [0.29, 0.717) is 11.4 Å². The van der Waals surface area contributed by atoms with Gasteiger partial charge in [0.15, 0.2) is 0 Å². The number of β-amino-alcohol motifs (C(OH)–C–C–N with tert-alkyl or cyclic N) is 1. The van der Waals surface area contributed by atoms with Crippen LogP contribution in [-0.2, 0) is 4.79 Å². The van der Waals surface area contributed by atoms with E-state index in [1.54, 1.807) is 37.3 Å². The van der Waals surface area contributed by atoms with Gasteiger partial charge in [0, 0.05) is 0 Å². The highest BCUT2D eigenvalue weighted by molar-refractivity contribution is 6.47. The molecule has 0 bridgehead atoms. The lowest BCUT2D eigenvalue weighted by atomic mass is 10.1. The summed E-state index contributed by atoms with van der Waals surface area (Å²) in [4.78, 5) is 11.9. The second-order valence-corrected chi connectivity index (χ2v) is 3.98. The Morgan fingerprint density at radius 3 is 2.61 bits per heavy atom. The molecule has 1 heterocycles. The summed E-state index contributed by atoms with van der Waals surface area (Å²) in [5, 5.41) is 23.7. The largest absolute Gasteiger partial charge is 0.508 e. The highest BCUT2D eigenvalue weighted by Gasteiger charge is 2.26. The molecule has 1 aromatic rings. The van der Waals surface area contributed by atoms with Gasteiger partial charge in [-0.15, -0.1) is 0 Å². The van der Waals surface area contributed by atoms with Crippen LogP contribution in [0.25, 0.3) is 6.08 Å². The van der Waals surface area contributed by atoms with Gasteiger partial charge in [0.25, 0.3) is 0 Å². The minimum atomic E-state index is -0.142. The standard InChI is InChI=1S/C13H14N2O3/c1-9-13(18)12(15(14-9)6-7-16)8-10-2-4-11(17)5-3-10/h2-5,8,16-17H,6-7H2,1H3. The molecule has 2 rings (SSSR count). The molecule has 0 unspecified atom stereocenters. The van der Waals surface area contributed by atoms with Gasteiger partial charge in [-0.3, -0.25) is 9.80 Å². The number of carbonyl (C=O) groups is 1. The Kier molecular flexibility index (Phi) is 3.43. The number of nitrogens with zero attached hydrogens (tertiary/aromatic N) is 2. The Hall–Kier alpha value is -2.14. The maximum absolute atomic E-state index is 11.9. The third-order valence-electron chi connectivity index (χ3n) is 2.62. The molecular formula is C13H14N2O3. The van der Waals surface area contributed by atoms with Crippen LogP contribution in [0.3, 0.4) is 0 Å². The van der Waals surface area contributed by atoms with E-state index in [0.717, 1.165) is 5.56 Å². The summed E-state index contributed by atoms with van der Waals surface area (Å²) in [6.07, 6.45) is 1.69. The number of hydrogen-bond donors (Lipinski definition) is 2. The second kappa shape index (κ2) is 5.01. The molecule has 0 atom stereocenters. The van der Waals surface area contributed by atoms with Crippen molar-refractivity contribution in [3.63, 3.8) is 0 Å². The van der Waals surface area contributed by atoms with Gasteiger partial charge in [-0.05, 0) is 30.7 Å². The lowest BCUT2D eigenvalue weighted by Gasteiger charge is -2.13. The molecule has 0 aliphatic carbocycles. The topological polar surface area (TPSA) is 73.1 Å². The third kappa shape index (κ3) is 2.41. The van der Waals surface area contributed by atoms with E-state index in [9.17, 15) is 9.90 Å². The van der Waals surface area contributed by atoms with E-state index in [1.165, 1.54) is 5.01 Å². The zero-order valence-corrected chi connectivity index (χ0v) is 10.00. The minimum Gasteiger partial charge on any atom is -0.508 e. The number of Topliss-reactive ketones (excluding diaryl/α,β-unsaturated/α-hetero) is 1. The summed E-state index contributed by atoms with van der Waals surface area (Å²) >= 11 is 0. The van der Waals surface area contributed by atoms with Gasteiger partial charge in [0.2, 0.25) is 5.78 Å². The number of carbonyl (C=O) groups excluding carboxylic acids is 1. The maximum Gasteiger partial charge on any atom is 0.226 e. The van der Waals surface area contributed by atoms with Crippen LogP contribution >= 0.6 is 0 Å². The Morgan fingerprint density at radius 2 is 2.00 bits per heavy atom. The molecule has 0 saturated heterocycles. The first-order valence-electron chi connectivity index (χ1n) is 5.61. The Bertz CT molecular complexity index is 518. The van der Waals surface area contributed by atoms with E-state index >= 15 is 0 Å². The van der Waals surface area contributed by atoms with E-state index in [1.807, 2.05) is 0 Å². The smallest absolute Gasteiger partial charge is 0.226 e. The quantitative estimate of drug-likeness (QED) is 0.780. The van der Waals surface area contributed by atoms with Crippen molar-refractivity contribution in [3.05, 3.63) is 35.5 Å². The first kappa shape index (κ1) is 12.3. The monoisotopic (exact) mass is 246 g/mol. The van der Waals surface area contributed by atoms with Crippen LogP contribution in [0.1, 0.15) is 12.5 Å². The van der Waals surface area contributed by atoms with Crippen molar-refractivity contribution in [2.24, 2.45) is 5.10 Å². The van der Waals surface area contributed by atoms with E-state index in [4.69, 9.17) is 5.11 Å². The first-order valence-corrected chi connectivity index (χ1v) is 5.61. The van der Waals surface area contributed by atoms with Crippen LogP contribution in [0.15, 0.2) is 35.1 Å². The number of aromatic hydroxyl groups is 1. The molecule has 0 amide bonds. The normalized spacial score (nSPS) is 17.4. The number of ketones is 1. The summed E-state index contributed by atoms with van der Waals surface area (Å²) in [7, 11) is 0. The van der Waals surface area contributed by atoms with Crippen LogP contribution in [0, 0.1) is 0 Å². The number of phenolic OH excluding ortho intramolecular Hbond substituents is 1. The Balaban J connectivity index is 2.30. The average Bonchev–Trinajstić information content (AvgIpc) is 2.60. The predicted octanol–water partition coefficient (Wildman–Crippen LogP) is 0.986. The molecule has 5 heteroatoms. The molecule has 18 heavy (non-hydrogen) atoms. The molecule has 0 spiro atoms. The van der Waals surface area contributed by atoms with Crippen molar-refractivity contribution in [3.8, 4) is 5.75 Å². The molecule has 0 saturated carbocycles. The number of allylic oxidation sites excluding steroid dienone is 1. The molecule has 5 nitrogen and oxygen atoms in total. The summed E-state index contributed by atoms with van der Waals surface area (Å²) in [6, 6.07) is 6.52. The molecule has 1 aromatic carbocycles.